The molecule has 0 unspecified atom stereocenters. The predicted octanol–water partition coefficient (Wildman–Crippen LogP) is 0.708. The quantitative estimate of drug-likeness (QED) is 0.740. The number of benzene rings is 1. The Bertz CT molecular complexity index is 272. The molecule has 0 spiro atoms. The maximum Gasteiger partial charge on any atom is 0.0643 e. The van der Waals surface area contributed by atoms with Gasteiger partial charge in [0.15, 0.2) is 0 Å². The molecule has 0 aromatic heterocycles. The van der Waals surface area contributed by atoms with Gasteiger partial charge in [0, 0.05) is 0 Å². The van der Waals surface area contributed by atoms with Gasteiger partial charge in [0.1, 0.15) is 0 Å². The Hall–Kier alpha value is -0.900. The molecular weight excluding hydrogens is 178 g/mol. The number of ether oxygens (including phenoxy) is 1. The molecule has 14 heavy (non-hydrogen) atoms. The molecule has 1 aromatic carbocycles. The lowest BCUT2D eigenvalue weighted by molar-refractivity contribution is -0.0132. The van der Waals surface area contributed by atoms with Gasteiger partial charge in [-0.2, -0.15) is 0 Å². The van der Waals surface area contributed by atoms with Crippen LogP contribution in [0.3, 0.4) is 0 Å². The van der Waals surface area contributed by atoms with E-state index in [-0.39, 0.29) is 12.6 Å². The highest BCUT2D eigenvalue weighted by molar-refractivity contribution is 5.19. The standard InChI is InChI=1S/C11H15NO2/c13-6-11(12-10-7-14-8-10)9-4-2-1-3-5-9/h1-5,10-13H,6-8H2/t11-/m1/s1. The van der Waals surface area contributed by atoms with Crippen molar-refractivity contribution in [2.75, 3.05) is 19.8 Å². The molecule has 1 fully saturated rings. The second-order valence-electron chi connectivity index (χ2n) is 3.55. The number of aliphatic hydroxyl groups excluding tert-OH is 1. The molecule has 0 aliphatic carbocycles. The molecule has 76 valence electrons. The minimum Gasteiger partial charge on any atom is -0.394 e. The third-order valence-corrected chi connectivity index (χ3v) is 2.46. The number of rotatable bonds is 4. The molecule has 0 bridgehead atoms. The Labute approximate surface area is 83.7 Å². The van der Waals surface area contributed by atoms with Gasteiger partial charge < -0.3 is 15.2 Å². The van der Waals surface area contributed by atoms with E-state index in [1.807, 2.05) is 30.3 Å². The Morgan fingerprint density at radius 2 is 2.07 bits per heavy atom. The third kappa shape index (κ3) is 2.12. The highest BCUT2D eigenvalue weighted by Crippen LogP contribution is 2.14. The van der Waals surface area contributed by atoms with Crippen LogP contribution >= 0.6 is 0 Å². The zero-order valence-corrected chi connectivity index (χ0v) is 8.02. The fourth-order valence-electron chi connectivity index (χ4n) is 1.56. The van der Waals surface area contributed by atoms with Crippen molar-refractivity contribution in [1.29, 1.82) is 0 Å². The van der Waals surface area contributed by atoms with E-state index in [9.17, 15) is 5.11 Å². The van der Waals surface area contributed by atoms with Crippen molar-refractivity contribution in [3.63, 3.8) is 0 Å². The molecule has 0 saturated carbocycles. The van der Waals surface area contributed by atoms with E-state index < -0.39 is 0 Å². The average molecular weight is 193 g/mol. The van der Waals surface area contributed by atoms with Gasteiger partial charge in [-0.15, -0.1) is 0 Å². The van der Waals surface area contributed by atoms with Gasteiger partial charge in [-0.1, -0.05) is 30.3 Å². The maximum absolute atomic E-state index is 9.24. The van der Waals surface area contributed by atoms with E-state index in [4.69, 9.17) is 4.74 Å². The Kier molecular flexibility index (Phi) is 3.14. The van der Waals surface area contributed by atoms with Crippen LogP contribution in [0.1, 0.15) is 11.6 Å². The summed E-state index contributed by atoms with van der Waals surface area (Å²) in [5.41, 5.74) is 1.13. The zero-order valence-electron chi connectivity index (χ0n) is 8.02. The lowest BCUT2D eigenvalue weighted by Gasteiger charge is -2.31. The van der Waals surface area contributed by atoms with Crippen LogP contribution in [0.4, 0.5) is 0 Å². The van der Waals surface area contributed by atoms with E-state index in [1.54, 1.807) is 0 Å². The van der Waals surface area contributed by atoms with E-state index in [0.29, 0.717) is 6.04 Å². The summed E-state index contributed by atoms with van der Waals surface area (Å²) in [7, 11) is 0. The number of aliphatic hydroxyl groups is 1. The zero-order chi connectivity index (χ0) is 9.80. The van der Waals surface area contributed by atoms with Crippen LogP contribution in [-0.2, 0) is 4.74 Å². The minimum absolute atomic E-state index is 0.0325. The summed E-state index contributed by atoms with van der Waals surface area (Å²) in [5, 5.41) is 12.6. The molecule has 1 atom stereocenters. The topological polar surface area (TPSA) is 41.5 Å². The van der Waals surface area contributed by atoms with Crippen LogP contribution in [-0.4, -0.2) is 31.0 Å². The Morgan fingerprint density at radius 3 is 2.57 bits per heavy atom. The van der Waals surface area contributed by atoms with Gasteiger partial charge in [-0.05, 0) is 5.56 Å². The van der Waals surface area contributed by atoms with Gasteiger partial charge >= 0.3 is 0 Å². The first-order valence-electron chi connectivity index (χ1n) is 4.90. The summed E-state index contributed by atoms with van der Waals surface area (Å²) in [5.74, 6) is 0. The van der Waals surface area contributed by atoms with Crippen molar-refractivity contribution in [1.82, 2.24) is 5.32 Å². The number of nitrogens with one attached hydrogen (secondary N) is 1. The maximum atomic E-state index is 9.24. The molecule has 0 radical (unpaired) electrons. The van der Waals surface area contributed by atoms with E-state index in [1.165, 1.54) is 0 Å². The molecule has 1 heterocycles. The highest BCUT2D eigenvalue weighted by atomic mass is 16.5. The van der Waals surface area contributed by atoms with Crippen molar-refractivity contribution in [2.24, 2.45) is 0 Å². The van der Waals surface area contributed by atoms with Crippen LogP contribution in [0.2, 0.25) is 0 Å². The second-order valence-corrected chi connectivity index (χ2v) is 3.55. The van der Waals surface area contributed by atoms with Crippen LogP contribution < -0.4 is 5.32 Å². The van der Waals surface area contributed by atoms with Crippen LogP contribution in [0.5, 0.6) is 0 Å². The molecule has 3 nitrogen and oxygen atoms in total. The summed E-state index contributed by atoms with van der Waals surface area (Å²) in [6.45, 7) is 1.63. The average Bonchev–Trinajstić information content (AvgIpc) is 2.18. The van der Waals surface area contributed by atoms with E-state index in [0.717, 1.165) is 18.8 Å². The first-order chi connectivity index (χ1) is 6.90. The van der Waals surface area contributed by atoms with Gasteiger partial charge in [-0.25, -0.2) is 0 Å². The molecule has 1 aromatic rings. The van der Waals surface area contributed by atoms with Crippen molar-refractivity contribution in [3.8, 4) is 0 Å². The monoisotopic (exact) mass is 193 g/mol. The smallest absolute Gasteiger partial charge is 0.0643 e. The fourth-order valence-corrected chi connectivity index (χ4v) is 1.56. The lowest BCUT2D eigenvalue weighted by Crippen LogP contribution is -2.48. The summed E-state index contributed by atoms with van der Waals surface area (Å²) < 4.78 is 5.07. The van der Waals surface area contributed by atoms with Crippen molar-refractivity contribution in [3.05, 3.63) is 35.9 Å². The molecule has 0 amide bonds. The van der Waals surface area contributed by atoms with Crippen molar-refractivity contribution >= 4 is 0 Å². The summed E-state index contributed by atoms with van der Waals surface area (Å²) in [6, 6.07) is 10.4. The number of hydrogen-bond acceptors (Lipinski definition) is 3. The highest BCUT2D eigenvalue weighted by Gasteiger charge is 2.22. The molecule has 1 aliphatic rings. The number of hydrogen-bond donors (Lipinski definition) is 2. The van der Waals surface area contributed by atoms with Gasteiger partial charge in [-0.3, -0.25) is 0 Å². The molecular formula is C11H15NO2. The molecule has 1 aliphatic heterocycles. The van der Waals surface area contributed by atoms with Crippen LogP contribution in [0, 0.1) is 0 Å². The largest absolute Gasteiger partial charge is 0.394 e. The Balaban J connectivity index is 1.98. The SMILES string of the molecule is OC[C@@H](NC1COC1)c1ccccc1. The van der Waals surface area contributed by atoms with Gasteiger partial charge in [0.05, 0.1) is 31.9 Å². The van der Waals surface area contributed by atoms with Gasteiger partial charge in [0.25, 0.3) is 0 Å². The van der Waals surface area contributed by atoms with Crippen LogP contribution in [0.15, 0.2) is 30.3 Å². The molecule has 2 N–H and O–H groups in total. The minimum atomic E-state index is 0.0325. The second kappa shape index (κ2) is 4.55. The first kappa shape index (κ1) is 9.65. The predicted molar refractivity (Wildman–Crippen MR) is 54.0 cm³/mol. The first-order valence-corrected chi connectivity index (χ1v) is 4.90. The van der Waals surface area contributed by atoms with Crippen molar-refractivity contribution < 1.29 is 9.84 Å². The lowest BCUT2D eigenvalue weighted by atomic mass is 10.1. The Morgan fingerprint density at radius 1 is 1.36 bits per heavy atom. The summed E-state index contributed by atoms with van der Waals surface area (Å²) in [6.07, 6.45) is 0. The van der Waals surface area contributed by atoms with Gasteiger partial charge in [0.2, 0.25) is 0 Å². The molecule has 1 saturated heterocycles. The fraction of sp³-hybridized carbons (Fsp3) is 0.455. The molecule has 3 heteroatoms. The third-order valence-electron chi connectivity index (χ3n) is 2.46. The summed E-state index contributed by atoms with van der Waals surface area (Å²) >= 11 is 0. The normalized spacial score (nSPS) is 18.9. The summed E-state index contributed by atoms with van der Waals surface area (Å²) in [4.78, 5) is 0. The van der Waals surface area contributed by atoms with E-state index in [2.05, 4.69) is 5.32 Å². The van der Waals surface area contributed by atoms with E-state index >= 15 is 0 Å². The van der Waals surface area contributed by atoms with Crippen LogP contribution in [0.25, 0.3) is 0 Å². The van der Waals surface area contributed by atoms with Crippen molar-refractivity contribution in [2.45, 2.75) is 12.1 Å². The molecule has 2 rings (SSSR count).